The molecule has 0 spiro atoms. The topological polar surface area (TPSA) is 89.5 Å². The van der Waals surface area contributed by atoms with Crippen molar-refractivity contribution in [1.29, 1.82) is 0 Å². The molecule has 0 bridgehead atoms. The zero-order valence-corrected chi connectivity index (χ0v) is 17.1. The fourth-order valence-electron chi connectivity index (χ4n) is 2.61. The van der Waals surface area contributed by atoms with Gasteiger partial charge in [-0.15, -0.1) is 0 Å². The van der Waals surface area contributed by atoms with Gasteiger partial charge in [-0.3, -0.25) is 9.52 Å². The highest BCUT2D eigenvalue weighted by Gasteiger charge is 2.18. The number of nitrogens with one attached hydrogen (secondary N) is 1. The number of benzene rings is 3. The van der Waals surface area contributed by atoms with Crippen LogP contribution in [0.15, 0.2) is 71.6 Å². The van der Waals surface area contributed by atoms with E-state index in [-0.39, 0.29) is 10.5 Å². The molecule has 3 aromatic carbocycles. The molecule has 0 aliphatic carbocycles. The Balaban J connectivity index is 1.65. The molecule has 3 rings (SSSR count). The summed E-state index contributed by atoms with van der Waals surface area (Å²) in [5, 5.41) is 0. The van der Waals surface area contributed by atoms with Crippen LogP contribution >= 0.6 is 0 Å². The van der Waals surface area contributed by atoms with Crippen molar-refractivity contribution in [2.24, 2.45) is 0 Å². The standard InChI is InChI=1S/C22H17F2NO5S/c1-14-2-7-17(8-3-14)25-31(28,29)18-9-4-15(5-10-18)22(27)30-13-21(26)19-12-16(23)6-11-20(19)24/h2-12,25H,13H2,1H3. The van der Waals surface area contributed by atoms with Crippen molar-refractivity contribution in [2.45, 2.75) is 11.8 Å². The molecule has 0 unspecified atom stereocenters. The molecule has 1 N–H and O–H groups in total. The van der Waals surface area contributed by atoms with E-state index in [9.17, 15) is 26.8 Å². The molecule has 160 valence electrons. The van der Waals surface area contributed by atoms with Crippen molar-refractivity contribution in [2.75, 3.05) is 11.3 Å². The van der Waals surface area contributed by atoms with Crippen molar-refractivity contribution in [3.8, 4) is 0 Å². The van der Waals surface area contributed by atoms with Crippen LogP contribution in [0.4, 0.5) is 14.5 Å². The van der Waals surface area contributed by atoms with Crippen molar-refractivity contribution in [1.82, 2.24) is 0 Å². The fourth-order valence-corrected chi connectivity index (χ4v) is 3.67. The van der Waals surface area contributed by atoms with Gasteiger partial charge in [-0.1, -0.05) is 17.7 Å². The second-order valence-corrected chi connectivity index (χ2v) is 8.30. The second kappa shape index (κ2) is 9.05. The highest BCUT2D eigenvalue weighted by molar-refractivity contribution is 7.92. The van der Waals surface area contributed by atoms with E-state index in [0.717, 1.165) is 17.7 Å². The molecule has 0 atom stereocenters. The molecule has 9 heteroatoms. The van der Waals surface area contributed by atoms with Crippen LogP contribution < -0.4 is 4.72 Å². The van der Waals surface area contributed by atoms with Crippen molar-refractivity contribution in [3.05, 3.63) is 95.1 Å². The lowest BCUT2D eigenvalue weighted by molar-refractivity contribution is 0.0473. The summed E-state index contributed by atoms with van der Waals surface area (Å²) < 4.78 is 59.0. The number of carbonyl (C=O) groups excluding carboxylic acids is 2. The Bertz CT molecular complexity index is 1220. The van der Waals surface area contributed by atoms with Gasteiger partial charge < -0.3 is 4.74 Å². The third kappa shape index (κ3) is 5.52. The lowest BCUT2D eigenvalue weighted by atomic mass is 10.1. The molecule has 6 nitrogen and oxygen atoms in total. The molecular weight excluding hydrogens is 428 g/mol. The van der Waals surface area contributed by atoms with Gasteiger partial charge in [0.1, 0.15) is 11.6 Å². The van der Waals surface area contributed by atoms with Crippen LogP contribution in [-0.4, -0.2) is 26.8 Å². The van der Waals surface area contributed by atoms with Crippen LogP contribution in [-0.2, 0) is 14.8 Å². The molecule has 3 aromatic rings. The third-order valence-electron chi connectivity index (χ3n) is 4.27. The second-order valence-electron chi connectivity index (χ2n) is 6.62. The number of esters is 1. The Kier molecular flexibility index (Phi) is 6.45. The predicted octanol–water partition coefficient (Wildman–Crippen LogP) is 4.11. The lowest BCUT2D eigenvalue weighted by Gasteiger charge is -2.09. The van der Waals surface area contributed by atoms with E-state index < -0.39 is 45.6 Å². The first-order valence-electron chi connectivity index (χ1n) is 9.00. The monoisotopic (exact) mass is 445 g/mol. The largest absolute Gasteiger partial charge is 0.454 e. The zero-order valence-electron chi connectivity index (χ0n) is 16.3. The number of halogens is 2. The quantitative estimate of drug-likeness (QED) is 0.437. The Morgan fingerprint density at radius 2 is 1.58 bits per heavy atom. The number of sulfonamides is 1. The number of ketones is 1. The Morgan fingerprint density at radius 3 is 2.23 bits per heavy atom. The van der Waals surface area contributed by atoms with Gasteiger partial charge >= 0.3 is 5.97 Å². The van der Waals surface area contributed by atoms with Gasteiger partial charge in [-0.25, -0.2) is 22.0 Å². The van der Waals surface area contributed by atoms with E-state index >= 15 is 0 Å². The van der Waals surface area contributed by atoms with Gasteiger partial charge in [0.15, 0.2) is 6.61 Å². The van der Waals surface area contributed by atoms with E-state index in [2.05, 4.69) is 4.72 Å². The Hall–Kier alpha value is -3.59. The van der Waals surface area contributed by atoms with E-state index in [1.165, 1.54) is 24.3 Å². The van der Waals surface area contributed by atoms with Crippen LogP contribution in [0.1, 0.15) is 26.3 Å². The van der Waals surface area contributed by atoms with Crippen LogP contribution in [0.5, 0.6) is 0 Å². The maximum absolute atomic E-state index is 13.6. The summed E-state index contributed by atoms with van der Waals surface area (Å²) in [4.78, 5) is 24.0. The van der Waals surface area contributed by atoms with Crippen molar-refractivity contribution < 1.29 is 31.5 Å². The fraction of sp³-hybridized carbons (Fsp3) is 0.0909. The average Bonchev–Trinajstić information content (AvgIpc) is 2.75. The maximum atomic E-state index is 13.6. The summed E-state index contributed by atoms with van der Waals surface area (Å²) in [7, 11) is -3.87. The normalized spacial score (nSPS) is 11.1. The van der Waals surface area contributed by atoms with Crippen LogP contribution in [0.3, 0.4) is 0 Å². The molecular formula is C22H17F2NO5S. The highest BCUT2D eigenvalue weighted by atomic mass is 32.2. The molecule has 0 amide bonds. The van der Waals surface area contributed by atoms with Gasteiger partial charge in [0.05, 0.1) is 16.0 Å². The van der Waals surface area contributed by atoms with Gasteiger partial charge in [-0.2, -0.15) is 0 Å². The molecule has 31 heavy (non-hydrogen) atoms. The van der Waals surface area contributed by atoms with E-state index in [1.54, 1.807) is 24.3 Å². The van der Waals surface area contributed by atoms with E-state index in [1.807, 2.05) is 6.92 Å². The minimum atomic E-state index is -3.87. The van der Waals surface area contributed by atoms with Gasteiger partial charge in [0.25, 0.3) is 10.0 Å². The number of hydrogen-bond donors (Lipinski definition) is 1. The van der Waals surface area contributed by atoms with E-state index in [0.29, 0.717) is 11.8 Å². The maximum Gasteiger partial charge on any atom is 0.338 e. The first kappa shape index (κ1) is 22.1. The van der Waals surface area contributed by atoms with Crippen LogP contribution in [0.2, 0.25) is 0 Å². The number of Topliss-reactive ketones (excluding diaryl/α,β-unsaturated/α-hetero) is 1. The first-order valence-corrected chi connectivity index (χ1v) is 10.5. The lowest BCUT2D eigenvalue weighted by Crippen LogP contribution is -2.16. The van der Waals surface area contributed by atoms with Gasteiger partial charge in [0, 0.05) is 5.69 Å². The predicted molar refractivity (Wildman–Crippen MR) is 109 cm³/mol. The van der Waals surface area contributed by atoms with Crippen molar-refractivity contribution in [3.63, 3.8) is 0 Å². The Labute approximate surface area is 177 Å². The number of ether oxygens (including phenoxy) is 1. The molecule has 0 radical (unpaired) electrons. The number of hydrogen-bond acceptors (Lipinski definition) is 5. The number of rotatable bonds is 7. The molecule has 0 heterocycles. The van der Waals surface area contributed by atoms with Gasteiger partial charge in [-0.05, 0) is 61.5 Å². The third-order valence-corrected chi connectivity index (χ3v) is 5.66. The average molecular weight is 445 g/mol. The summed E-state index contributed by atoms with van der Waals surface area (Å²) in [6, 6.07) is 14.0. The molecule has 0 saturated carbocycles. The molecule has 0 fully saturated rings. The summed E-state index contributed by atoms with van der Waals surface area (Å²) in [5.74, 6) is -3.56. The van der Waals surface area contributed by atoms with Gasteiger partial charge in [0.2, 0.25) is 5.78 Å². The number of aryl methyl sites for hydroxylation is 1. The van der Waals surface area contributed by atoms with Crippen LogP contribution in [0.25, 0.3) is 0 Å². The smallest absolute Gasteiger partial charge is 0.338 e. The summed E-state index contributed by atoms with van der Waals surface area (Å²) in [5.41, 5.74) is 0.819. The molecule has 0 aromatic heterocycles. The minimum Gasteiger partial charge on any atom is -0.454 e. The summed E-state index contributed by atoms with van der Waals surface area (Å²) >= 11 is 0. The van der Waals surface area contributed by atoms with Crippen LogP contribution in [0, 0.1) is 18.6 Å². The molecule has 0 aliphatic rings. The Morgan fingerprint density at radius 1 is 0.935 bits per heavy atom. The summed E-state index contributed by atoms with van der Waals surface area (Å²) in [6.07, 6.45) is 0. The molecule has 0 aliphatic heterocycles. The zero-order chi connectivity index (χ0) is 22.6. The van der Waals surface area contributed by atoms with Crippen molar-refractivity contribution >= 4 is 27.5 Å². The van der Waals surface area contributed by atoms with E-state index in [4.69, 9.17) is 4.74 Å². The highest BCUT2D eigenvalue weighted by Crippen LogP contribution is 2.18. The number of carbonyl (C=O) groups is 2. The SMILES string of the molecule is Cc1ccc(NS(=O)(=O)c2ccc(C(=O)OCC(=O)c3cc(F)ccc3F)cc2)cc1. The molecule has 0 saturated heterocycles. The minimum absolute atomic E-state index is 0.0122. The first-order chi connectivity index (χ1) is 14.7. The summed E-state index contributed by atoms with van der Waals surface area (Å²) in [6.45, 7) is 1.08. The number of anilines is 1.